The summed E-state index contributed by atoms with van der Waals surface area (Å²) in [4.78, 5) is 3.83. The number of hydrogen-bond acceptors (Lipinski definition) is 3. The maximum Gasteiger partial charge on any atom is 0.134 e. The summed E-state index contributed by atoms with van der Waals surface area (Å²) >= 11 is 5.74. The molecule has 0 saturated heterocycles. The predicted octanol–water partition coefficient (Wildman–Crippen LogP) is 1.12. The van der Waals surface area contributed by atoms with Crippen molar-refractivity contribution in [1.82, 2.24) is 4.98 Å². The van der Waals surface area contributed by atoms with Crippen molar-refractivity contribution in [2.45, 2.75) is 19.1 Å². The molecule has 0 aliphatic rings. The van der Waals surface area contributed by atoms with Crippen molar-refractivity contribution in [3.8, 4) is 0 Å². The summed E-state index contributed by atoms with van der Waals surface area (Å²) in [7, 11) is 0. The molecule has 0 amide bonds. The van der Waals surface area contributed by atoms with Crippen molar-refractivity contribution in [3.05, 3.63) is 29.0 Å². The highest BCUT2D eigenvalue weighted by Crippen LogP contribution is 2.21. The van der Waals surface area contributed by atoms with E-state index in [9.17, 15) is 5.11 Å². The first kappa shape index (κ1) is 9.45. The maximum absolute atomic E-state index is 9.53. The van der Waals surface area contributed by atoms with Crippen LogP contribution in [0.4, 0.5) is 0 Å². The minimum absolute atomic E-state index is 0.308. The van der Waals surface area contributed by atoms with Crippen LogP contribution in [0.1, 0.15) is 18.6 Å². The Morgan fingerprint density at radius 1 is 1.67 bits per heavy atom. The summed E-state index contributed by atoms with van der Waals surface area (Å²) < 4.78 is 0. The molecule has 4 heteroatoms. The van der Waals surface area contributed by atoms with Crippen LogP contribution in [0.3, 0.4) is 0 Å². The van der Waals surface area contributed by atoms with Gasteiger partial charge in [-0.05, 0) is 13.0 Å². The van der Waals surface area contributed by atoms with Gasteiger partial charge >= 0.3 is 0 Å². The molecule has 0 spiro atoms. The van der Waals surface area contributed by atoms with Crippen LogP contribution < -0.4 is 5.73 Å². The number of aliphatic hydroxyl groups excluding tert-OH is 1. The molecule has 2 atom stereocenters. The fourth-order valence-corrected chi connectivity index (χ4v) is 1.13. The minimum atomic E-state index is -0.744. The third-order valence-corrected chi connectivity index (χ3v) is 1.92. The molecule has 0 fully saturated rings. The lowest BCUT2D eigenvalue weighted by atomic mass is 10.1. The van der Waals surface area contributed by atoms with Gasteiger partial charge in [-0.3, -0.25) is 0 Å². The van der Waals surface area contributed by atoms with Crippen molar-refractivity contribution < 1.29 is 5.11 Å². The average Bonchev–Trinajstić information content (AvgIpc) is 2.04. The van der Waals surface area contributed by atoms with Crippen molar-refractivity contribution >= 4 is 11.6 Å². The van der Waals surface area contributed by atoms with E-state index < -0.39 is 6.10 Å². The van der Waals surface area contributed by atoms with Crippen LogP contribution in [-0.2, 0) is 0 Å². The van der Waals surface area contributed by atoms with Gasteiger partial charge in [-0.15, -0.1) is 0 Å². The van der Waals surface area contributed by atoms with Crippen LogP contribution in [0.15, 0.2) is 18.3 Å². The fourth-order valence-electron chi connectivity index (χ4n) is 0.902. The van der Waals surface area contributed by atoms with E-state index in [2.05, 4.69) is 4.98 Å². The first-order valence-electron chi connectivity index (χ1n) is 3.67. The molecular weight excluding hydrogens is 176 g/mol. The Hall–Kier alpha value is -0.640. The number of hydrogen-bond donors (Lipinski definition) is 2. The largest absolute Gasteiger partial charge is 0.387 e. The topological polar surface area (TPSA) is 59.1 Å². The molecular formula is C8H11ClN2O. The van der Waals surface area contributed by atoms with Gasteiger partial charge in [-0.25, -0.2) is 4.98 Å². The van der Waals surface area contributed by atoms with Crippen LogP contribution >= 0.6 is 11.6 Å². The van der Waals surface area contributed by atoms with E-state index in [0.717, 1.165) is 0 Å². The minimum Gasteiger partial charge on any atom is -0.387 e. The van der Waals surface area contributed by atoms with Gasteiger partial charge in [0.15, 0.2) is 0 Å². The molecule has 3 N–H and O–H groups in total. The molecule has 66 valence electrons. The van der Waals surface area contributed by atoms with E-state index in [1.807, 2.05) is 0 Å². The first-order valence-corrected chi connectivity index (χ1v) is 4.04. The van der Waals surface area contributed by atoms with E-state index in [1.165, 1.54) is 0 Å². The second kappa shape index (κ2) is 3.85. The van der Waals surface area contributed by atoms with Gasteiger partial charge in [-0.1, -0.05) is 17.7 Å². The second-order valence-electron chi connectivity index (χ2n) is 2.69. The molecule has 12 heavy (non-hydrogen) atoms. The second-order valence-corrected chi connectivity index (χ2v) is 3.05. The van der Waals surface area contributed by atoms with E-state index >= 15 is 0 Å². The maximum atomic E-state index is 9.53. The number of nitrogens with zero attached hydrogens (tertiary/aromatic N) is 1. The lowest BCUT2D eigenvalue weighted by Crippen LogP contribution is -2.24. The number of aromatic nitrogens is 1. The van der Waals surface area contributed by atoms with Gasteiger partial charge in [0.1, 0.15) is 5.15 Å². The fraction of sp³-hybridized carbons (Fsp3) is 0.375. The van der Waals surface area contributed by atoms with Crippen molar-refractivity contribution in [2.75, 3.05) is 0 Å². The molecule has 3 nitrogen and oxygen atoms in total. The Bertz CT molecular complexity index is 265. The molecule has 1 rings (SSSR count). The van der Waals surface area contributed by atoms with Gasteiger partial charge in [0.05, 0.1) is 6.10 Å². The number of rotatable bonds is 2. The van der Waals surface area contributed by atoms with Gasteiger partial charge < -0.3 is 10.8 Å². The van der Waals surface area contributed by atoms with E-state index in [0.29, 0.717) is 10.7 Å². The molecule has 0 unspecified atom stereocenters. The third-order valence-electron chi connectivity index (χ3n) is 1.60. The molecule has 0 radical (unpaired) electrons. The van der Waals surface area contributed by atoms with Crippen LogP contribution in [0.2, 0.25) is 5.15 Å². The van der Waals surface area contributed by atoms with Crippen LogP contribution in [0.5, 0.6) is 0 Å². The molecule has 0 aliphatic heterocycles. The third kappa shape index (κ3) is 1.94. The summed E-state index contributed by atoms with van der Waals surface area (Å²) in [6, 6.07) is 3.09. The Labute approximate surface area is 76.2 Å². The van der Waals surface area contributed by atoms with E-state index in [4.69, 9.17) is 17.3 Å². The zero-order chi connectivity index (χ0) is 9.14. The first-order chi connectivity index (χ1) is 5.63. The zero-order valence-electron chi connectivity index (χ0n) is 6.74. The summed E-state index contributed by atoms with van der Waals surface area (Å²) in [5.74, 6) is 0. The molecule has 1 heterocycles. The zero-order valence-corrected chi connectivity index (χ0v) is 7.49. The van der Waals surface area contributed by atoms with Crippen LogP contribution in [-0.4, -0.2) is 16.1 Å². The molecule has 1 aromatic rings. The highest BCUT2D eigenvalue weighted by Gasteiger charge is 2.15. The van der Waals surface area contributed by atoms with Crippen molar-refractivity contribution in [2.24, 2.45) is 5.73 Å². The number of halogens is 1. The number of aliphatic hydroxyl groups is 1. The van der Waals surface area contributed by atoms with Gasteiger partial charge in [0, 0.05) is 17.8 Å². The quantitative estimate of drug-likeness (QED) is 0.681. The summed E-state index contributed by atoms with van der Waals surface area (Å²) in [6.07, 6.45) is 0.825. The average molecular weight is 187 g/mol. The normalized spacial score (nSPS) is 15.7. The molecule has 1 aromatic heterocycles. The predicted molar refractivity (Wildman–Crippen MR) is 47.9 cm³/mol. The van der Waals surface area contributed by atoms with Gasteiger partial charge in [0.25, 0.3) is 0 Å². The summed E-state index contributed by atoms with van der Waals surface area (Å²) in [5.41, 5.74) is 6.08. The smallest absolute Gasteiger partial charge is 0.134 e. The number of pyridine rings is 1. The summed E-state index contributed by atoms with van der Waals surface area (Å²) in [6.45, 7) is 1.72. The molecule has 0 saturated carbocycles. The lowest BCUT2D eigenvalue weighted by molar-refractivity contribution is 0.153. The standard InChI is InChI=1S/C8H11ClN2O/c1-5(10)7(12)6-3-2-4-11-8(6)9/h2-5,7,12H,10H2,1H3/t5-,7-/m0/s1. The molecule has 0 bridgehead atoms. The SMILES string of the molecule is C[C@H](N)[C@H](O)c1cccnc1Cl. The monoisotopic (exact) mass is 186 g/mol. The van der Waals surface area contributed by atoms with Crippen molar-refractivity contribution in [1.29, 1.82) is 0 Å². The van der Waals surface area contributed by atoms with Gasteiger partial charge in [0.2, 0.25) is 0 Å². The molecule has 0 aliphatic carbocycles. The Morgan fingerprint density at radius 2 is 2.33 bits per heavy atom. The van der Waals surface area contributed by atoms with Gasteiger partial charge in [-0.2, -0.15) is 0 Å². The van der Waals surface area contributed by atoms with Crippen molar-refractivity contribution in [3.63, 3.8) is 0 Å². The Morgan fingerprint density at radius 3 is 2.83 bits per heavy atom. The number of nitrogens with two attached hydrogens (primary N) is 1. The Kier molecular flexibility index (Phi) is 3.03. The highest BCUT2D eigenvalue weighted by molar-refractivity contribution is 6.30. The summed E-state index contributed by atoms with van der Waals surface area (Å²) in [5, 5.41) is 9.84. The Balaban J connectivity index is 2.94. The van der Waals surface area contributed by atoms with Crippen LogP contribution in [0.25, 0.3) is 0 Å². The highest BCUT2D eigenvalue weighted by atomic mass is 35.5. The van der Waals surface area contributed by atoms with E-state index in [-0.39, 0.29) is 6.04 Å². The van der Waals surface area contributed by atoms with E-state index in [1.54, 1.807) is 25.3 Å². The van der Waals surface area contributed by atoms with Crippen LogP contribution in [0, 0.1) is 0 Å². The molecule has 0 aromatic carbocycles. The lowest BCUT2D eigenvalue weighted by Gasteiger charge is -2.14.